The number of carbonyl (C=O) groups is 1. The Morgan fingerprint density at radius 1 is 1.20 bits per heavy atom. The van der Waals surface area contributed by atoms with Crippen LogP contribution in [-0.4, -0.2) is 30.8 Å². The molecule has 0 saturated carbocycles. The van der Waals surface area contributed by atoms with Gasteiger partial charge in [-0.3, -0.25) is 14.2 Å². The molecule has 0 aliphatic heterocycles. The van der Waals surface area contributed by atoms with Crippen molar-refractivity contribution < 1.29 is 4.79 Å². The lowest BCUT2D eigenvalue weighted by molar-refractivity contribution is -0.113. The average Bonchev–Trinajstić information content (AvgIpc) is 3.34. The van der Waals surface area contributed by atoms with Crippen LogP contribution in [0.15, 0.2) is 34.2 Å². The van der Waals surface area contributed by atoms with E-state index in [2.05, 4.69) is 15.5 Å². The molecule has 154 valence electrons. The van der Waals surface area contributed by atoms with Crippen LogP contribution < -0.4 is 10.9 Å². The molecule has 0 spiro atoms. The summed E-state index contributed by atoms with van der Waals surface area (Å²) in [7, 11) is 1.73. The number of nitrogens with one attached hydrogen (secondary N) is 1. The molecule has 4 aromatic rings. The number of carbonyl (C=O) groups excluding carboxylic acids is 1. The van der Waals surface area contributed by atoms with Crippen molar-refractivity contribution in [3.8, 4) is 0 Å². The van der Waals surface area contributed by atoms with E-state index in [1.54, 1.807) is 23.0 Å². The lowest BCUT2D eigenvalue weighted by Crippen LogP contribution is -2.20. The maximum absolute atomic E-state index is 13.0. The van der Waals surface area contributed by atoms with Crippen LogP contribution in [0.1, 0.15) is 28.8 Å². The molecule has 1 N–H and O–H groups in total. The summed E-state index contributed by atoms with van der Waals surface area (Å²) in [6.07, 6.45) is 4.23. The van der Waals surface area contributed by atoms with Gasteiger partial charge in [-0.15, -0.1) is 21.5 Å². The van der Waals surface area contributed by atoms with Gasteiger partial charge in [-0.05, 0) is 50.3 Å². The molecule has 3 heterocycles. The largest absolute Gasteiger partial charge is 0.325 e. The lowest BCUT2D eigenvalue weighted by atomic mass is 9.97. The summed E-state index contributed by atoms with van der Waals surface area (Å²) in [6.45, 7) is 2.01. The van der Waals surface area contributed by atoms with Crippen LogP contribution in [0.25, 0.3) is 16.0 Å². The predicted molar refractivity (Wildman–Crippen MR) is 121 cm³/mol. The fourth-order valence-electron chi connectivity index (χ4n) is 3.90. The van der Waals surface area contributed by atoms with Gasteiger partial charge in [-0.1, -0.05) is 29.5 Å². The van der Waals surface area contributed by atoms with Crippen molar-refractivity contribution in [2.75, 3.05) is 11.1 Å². The van der Waals surface area contributed by atoms with E-state index in [4.69, 9.17) is 0 Å². The maximum Gasteiger partial charge on any atom is 0.263 e. The molecule has 9 heteroatoms. The Kier molecular flexibility index (Phi) is 4.86. The van der Waals surface area contributed by atoms with E-state index in [0.29, 0.717) is 10.9 Å². The van der Waals surface area contributed by atoms with E-state index in [9.17, 15) is 9.59 Å². The van der Waals surface area contributed by atoms with E-state index < -0.39 is 0 Å². The molecule has 1 aliphatic carbocycles. The number of thiophene rings is 1. The third kappa shape index (κ3) is 3.22. The second-order valence-corrected chi connectivity index (χ2v) is 9.60. The minimum atomic E-state index is -0.104. The summed E-state index contributed by atoms with van der Waals surface area (Å²) in [5, 5.41) is 12.8. The fourth-order valence-corrected chi connectivity index (χ4v) is 6.07. The molecule has 30 heavy (non-hydrogen) atoms. The molecular weight excluding hydrogens is 418 g/mol. The summed E-state index contributed by atoms with van der Waals surface area (Å²) < 4.78 is 3.50. The number of benzene rings is 1. The van der Waals surface area contributed by atoms with Gasteiger partial charge < -0.3 is 5.32 Å². The Labute approximate surface area is 181 Å². The highest BCUT2D eigenvalue weighted by atomic mass is 32.2. The second kappa shape index (κ2) is 7.55. The molecular formula is C21H21N5O2S2. The summed E-state index contributed by atoms with van der Waals surface area (Å²) in [4.78, 5) is 27.6. The zero-order valence-corrected chi connectivity index (χ0v) is 18.4. The number of rotatable bonds is 4. The van der Waals surface area contributed by atoms with Crippen LogP contribution in [0.4, 0.5) is 5.69 Å². The fraction of sp³-hybridized carbons (Fsp3) is 0.333. The first-order valence-corrected chi connectivity index (χ1v) is 11.7. The third-order valence-corrected chi connectivity index (χ3v) is 7.66. The molecule has 1 aromatic carbocycles. The highest BCUT2D eigenvalue weighted by Crippen LogP contribution is 2.36. The summed E-state index contributed by atoms with van der Waals surface area (Å²) >= 11 is 3.00. The van der Waals surface area contributed by atoms with Crippen LogP contribution in [0.3, 0.4) is 0 Å². The molecule has 0 saturated heterocycles. The van der Waals surface area contributed by atoms with Crippen molar-refractivity contribution in [2.24, 2.45) is 7.05 Å². The number of nitrogens with zero attached hydrogens (tertiary/aromatic N) is 4. The van der Waals surface area contributed by atoms with Crippen LogP contribution >= 0.6 is 23.1 Å². The van der Waals surface area contributed by atoms with Crippen LogP contribution in [-0.2, 0) is 24.7 Å². The molecule has 0 bridgehead atoms. The smallest absolute Gasteiger partial charge is 0.263 e. The SMILES string of the molecule is Cc1ccc(NC(=O)CSc2nnc3n(C)c(=O)c4c5c(sc4n23)CCCC5)cc1. The number of hydrogen-bond acceptors (Lipinski definition) is 6. The third-order valence-electron chi connectivity index (χ3n) is 5.46. The minimum Gasteiger partial charge on any atom is -0.325 e. The number of fused-ring (bicyclic) bond motifs is 5. The highest BCUT2D eigenvalue weighted by Gasteiger charge is 2.24. The van der Waals surface area contributed by atoms with Crippen LogP contribution in [0.2, 0.25) is 0 Å². The Hall–Kier alpha value is -2.65. The Balaban J connectivity index is 1.48. The zero-order chi connectivity index (χ0) is 20.8. The quantitative estimate of drug-likeness (QED) is 0.492. The Morgan fingerprint density at radius 2 is 1.97 bits per heavy atom. The molecule has 7 nitrogen and oxygen atoms in total. The van der Waals surface area contributed by atoms with Gasteiger partial charge in [-0.25, -0.2) is 4.40 Å². The van der Waals surface area contributed by atoms with Gasteiger partial charge in [-0.2, -0.15) is 0 Å². The van der Waals surface area contributed by atoms with Gasteiger partial charge >= 0.3 is 0 Å². The number of aromatic nitrogens is 4. The molecule has 0 atom stereocenters. The first kappa shape index (κ1) is 19.3. The molecule has 0 radical (unpaired) electrons. The van der Waals surface area contributed by atoms with E-state index >= 15 is 0 Å². The normalized spacial score (nSPS) is 13.7. The van der Waals surface area contributed by atoms with E-state index in [-0.39, 0.29) is 17.2 Å². The van der Waals surface area contributed by atoms with Gasteiger partial charge in [0.25, 0.3) is 5.56 Å². The topological polar surface area (TPSA) is 81.3 Å². The van der Waals surface area contributed by atoms with Gasteiger partial charge in [0.1, 0.15) is 4.83 Å². The van der Waals surface area contributed by atoms with Crippen LogP contribution in [0, 0.1) is 6.92 Å². The first-order chi connectivity index (χ1) is 14.5. The van der Waals surface area contributed by atoms with Gasteiger partial charge in [0.05, 0.1) is 11.1 Å². The van der Waals surface area contributed by atoms with Crippen molar-refractivity contribution in [3.05, 3.63) is 50.6 Å². The lowest BCUT2D eigenvalue weighted by Gasteiger charge is -2.10. The number of hydrogen-bond donors (Lipinski definition) is 1. The van der Waals surface area contributed by atoms with Gasteiger partial charge in [0, 0.05) is 17.6 Å². The van der Waals surface area contributed by atoms with Crippen molar-refractivity contribution in [1.29, 1.82) is 0 Å². The molecule has 0 unspecified atom stereocenters. The van der Waals surface area contributed by atoms with Gasteiger partial charge in [0.15, 0.2) is 5.16 Å². The number of thioether (sulfide) groups is 1. The summed E-state index contributed by atoms with van der Waals surface area (Å²) in [5.74, 6) is 0.615. The van der Waals surface area contributed by atoms with E-state index in [0.717, 1.165) is 47.2 Å². The number of amides is 1. The van der Waals surface area contributed by atoms with Crippen molar-refractivity contribution in [2.45, 2.75) is 37.8 Å². The minimum absolute atomic E-state index is 0.0158. The highest BCUT2D eigenvalue weighted by molar-refractivity contribution is 7.99. The molecule has 3 aromatic heterocycles. The summed E-state index contributed by atoms with van der Waals surface area (Å²) in [6, 6.07) is 7.70. The molecule has 1 amide bonds. The second-order valence-electron chi connectivity index (χ2n) is 7.58. The maximum atomic E-state index is 13.0. The van der Waals surface area contributed by atoms with Crippen molar-refractivity contribution >= 4 is 50.7 Å². The monoisotopic (exact) mass is 439 g/mol. The summed E-state index contributed by atoms with van der Waals surface area (Å²) in [5.41, 5.74) is 3.09. The number of anilines is 1. The zero-order valence-electron chi connectivity index (χ0n) is 16.8. The van der Waals surface area contributed by atoms with E-state index in [1.165, 1.54) is 22.2 Å². The Bertz CT molecular complexity index is 1330. The standard InChI is InChI=1S/C21H21N5O2S2/c1-12-7-9-13(10-8-12)22-16(27)11-29-21-24-23-20-25(2)18(28)17-14-5-3-4-6-15(14)30-19(17)26(20)21/h7-10H,3-6,11H2,1-2H3,(H,22,27). The van der Waals surface area contributed by atoms with Gasteiger partial charge in [0.2, 0.25) is 11.7 Å². The molecule has 1 aliphatic rings. The number of aryl methyl sites for hydroxylation is 4. The predicted octanol–water partition coefficient (Wildman–Crippen LogP) is 3.56. The molecule has 5 rings (SSSR count). The Morgan fingerprint density at radius 3 is 2.77 bits per heavy atom. The van der Waals surface area contributed by atoms with E-state index in [1.807, 2.05) is 35.6 Å². The molecule has 0 fully saturated rings. The average molecular weight is 440 g/mol. The first-order valence-electron chi connectivity index (χ1n) is 9.90. The van der Waals surface area contributed by atoms with Crippen LogP contribution in [0.5, 0.6) is 0 Å². The van der Waals surface area contributed by atoms with Crippen molar-refractivity contribution in [1.82, 2.24) is 19.2 Å². The van der Waals surface area contributed by atoms with Crippen molar-refractivity contribution in [3.63, 3.8) is 0 Å².